The highest BCUT2D eigenvalue weighted by molar-refractivity contribution is 5.41. The fourth-order valence-corrected chi connectivity index (χ4v) is 2.87. The zero-order valence-corrected chi connectivity index (χ0v) is 11.0. The van der Waals surface area contributed by atoms with Gasteiger partial charge in [0, 0.05) is 18.2 Å². The highest BCUT2D eigenvalue weighted by Crippen LogP contribution is 2.35. The van der Waals surface area contributed by atoms with Gasteiger partial charge in [0.05, 0.1) is 11.6 Å². The Labute approximate surface area is 111 Å². The molecule has 1 saturated heterocycles. The summed E-state index contributed by atoms with van der Waals surface area (Å²) in [7, 11) is 2.10. The Balaban J connectivity index is 1.72. The Kier molecular flexibility index (Phi) is 3.41. The smallest absolute Gasteiger partial charge is 0.134 e. The van der Waals surface area contributed by atoms with E-state index in [0.717, 1.165) is 32.0 Å². The second kappa shape index (κ2) is 5.06. The maximum Gasteiger partial charge on any atom is 0.134 e. The van der Waals surface area contributed by atoms with Crippen LogP contribution in [0.2, 0.25) is 0 Å². The lowest BCUT2D eigenvalue weighted by Crippen LogP contribution is -2.42. The Morgan fingerprint density at radius 3 is 2.74 bits per heavy atom. The van der Waals surface area contributed by atoms with E-state index in [1.807, 2.05) is 0 Å². The molecule has 0 saturated carbocycles. The van der Waals surface area contributed by atoms with Crippen molar-refractivity contribution in [2.24, 2.45) is 0 Å². The van der Waals surface area contributed by atoms with Gasteiger partial charge in [0.1, 0.15) is 24.0 Å². The highest BCUT2D eigenvalue weighted by atomic mass is 19.1. The summed E-state index contributed by atoms with van der Waals surface area (Å²) in [5.74, 6) is -0.767. The molecule has 1 fully saturated rings. The number of nitrogens with one attached hydrogen (secondary N) is 1. The normalized spacial score (nSPS) is 24.3. The van der Waals surface area contributed by atoms with Crippen molar-refractivity contribution in [3.8, 4) is 5.75 Å². The number of piperidine rings is 1. The summed E-state index contributed by atoms with van der Waals surface area (Å²) in [4.78, 5) is 2.28. The molecule has 1 atom stereocenters. The largest absolute Gasteiger partial charge is 0.491 e. The summed E-state index contributed by atoms with van der Waals surface area (Å²) in [5, 5.41) is 3.44. The summed E-state index contributed by atoms with van der Waals surface area (Å²) < 4.78 is 32.3. The number of hydrogen-bond acceptors (Lipinski definition) is 3. The number of rotatable bonds is 2. The zero-order chi connectivity index (χ0) is 13.4. The maximum atomic E-state index is 13.8. The molecule has 0 aliphatic carbocycles. The fourth-order valence-electron chi connectivity index (χ4n) is 2.87. The molecule has 0 aromatic heterocycles. The molecule has 2 aliphatic rings. The van der Waals surface area contributed by atoms with Gasteiger partial charge in [-0.1, -0.05) is 0 Å². The van der Waals surface area contributed by atoms with Gasteiger partial charge in [-0.3, -0.25) is 0 Å². The first-order valence-electron chi connectivity index (χ1n) is 6.70. The third-order valence-electron chi connectivity index (χ3n) is 3.97. The van der Waals surface area contributed by atoms with Gasteiger partial charge in [0.25, 0.3) is 0 Å². The van der Waals surface area contributed by atoms with Crippen molar-refractivity contribution < 1.29 is 13.5 Å². The molecule has 1 N–H and O–H groups in total. The van der Waals surface area contributed by atoms with E-state index in [2.05, 4.69) is 17.3 Å². The molecule has 5 heteroatoms. The van der Waals surface area contributed by atoms with Crippen LogP contribution in [-0.2, 0) is 0 Å². The predicted octanol–water partition coefficient (Wildman–Crippen LogP) is 2.08. The average Bonchev–Trinajstić information content (AvgIpc) is 2.75. The molecule has 0 amide bonds. The molecule has 0 unspecified atom stereocenters. The number of ether oxygens (including phenoxy) is 1. The van der Waals surface area contributed by atoms with Gasteiger partial charge in [0.15, 0.2) is 0 Å². The molecular formula is C14H18F2N2O. The van der Waals surface area contributed by atoms with Crippen molar-refractivity contribution in [1.82, 2.24) is 10.2 Å². The van der Waals surface area contributed by atoms with E-state index in [4.69, 9.17) is 4.74 Å². The van der Waals surface area contributed by atoms with Crippen LogP contribution in [0.15, 0.2) is 12.1 Å². The van der Waals surface area contributed by atoms with E-state index >= 15 is 0 Å². The van der Waals surface area contributed by atoms with E-state index in [-0.39, 0.29) is 6.04 Å². The van der Waals surface area contributed by atoms with Gasteiger partial charge in [-0.05, 0) is 33.0 Å². The monoisotopic (exact) mass is 268 g/mol. The van der Waals surface area contributed by atoms with Crippen LogP contribution in [0.1, 0.15) is 24.4 Å². The third kappa shape index (κ3) is 2.58. The molecule has 2 heterocycles. The van der Waals surface area contributed by atoms with E-state index in [1.54, 1.807) is 0 Å². The average molecular weight is 268 g/mol. The lowest BCUT2D eigenvalue weighted by atomic mass is 10.0. The summed E-state index contributed by atoms with van der Waals surface area (Å²) in [6, 6.07) is 2.40. The SMILES string of the molecule is CN1CCC(N[C@@H]2COc3cc(F)cc(F)c32)CC1. The van der Waals surface area contributed by atoms with E-state index < -0.39 is 11.6 Å². The number of benzene rings is 1. The minimum atomic E-state index is -0.587. The number of hydrogen-bond donors (Lipinski definition) is 1. The third-order valence-corrected chi connectivity index (χ3v) is 3.97. The number of fused-ring (bicyclic) bond motifs is 1. The first kappa shape index (κ1) is 12.8. The second-order valence-electron chi connectivity index (χ2n) is 5.41. The van der Waals surface area contributed by atoms with Crippen molar-refractivity contribution in [2.45, 2.75) is 24.9 Å². The molecule has 19 heavy (non-hydrogen) atoms. The Bertz CT molecular complexity index is 473. The molecule has 0 spiro atoms. The van der Waals surface area contributed by atoms with Gasteiger partial charge in [0.2, 0.25) is 0 Å². The van der Waals surface area contributed by atoms with Crippen LogP contribution in [0, 0.1) is 11.6 Å². The Hall–Kier alpha value is -1.20. The van der Waals surface area contributed by atoms with Crippen LogP contribution in [0.4, 0.5) is 8.78 Å². The van der Waals surface area contributed by atoms with Crippen molar-refractivity contribution >= 4 is 0 Å². The van der Waals surface area contributed by atoms with Crippen molar-refractivity contribution in [1.29, 1.82) is 0 Å². The second-order valence-corrected chi connectivity index (χ2v) is 5.41. The first-order chi connectivity index (χ1) is 9.13. The minimum absolute atomic E-state index is 0.163. The summed E-state index contributed by atoms with van der Waals surface area (Å²) >= 11 is 0. The van der Waals surface area contributed by atoms with Gasteiger partial charge in [-0.25, -0.2) is 8.78 Å². The quantitative estimate of drug-likeness (QED) is 0.889. The van der Waals surface area contributed by atoms with Crippen LogP contribution in [0.3, 0.4) is 0 Å². The van der Waals surface area contributed by atoms with E-state index in [9.17, 15) is 8.78 Å². The number of halogens is 2. The predicted molar refractivity (Wildman–Crippen MR) is 68.2 cm³/mol. The summed E-state index contributed by atoms with van der Waals surface area (Å²) in [6.45, 7) is 2.47. The molecular weight excluding hydrogens is 250 g/mol. The van der Waals surface area contributed by atoms with Crippen LogP contribution >= 0.6 is 0 Å². The molecule has 0 bridgehead atoms. The lowest BCUT2D eigenvalue weighted by molar-refractivity contribution is 0.213. The van der Waals surface area contributed by atoms with Crippen LogP contribution in [-0.4, -0.2) is 37.7 Å². The van der Waals surface area contributed by atoms with Gasteiger partial charge >= 0.3 is 0 Å². The molecule has 104 valence electrons. The summed E-state index contributed by atoms with van der Waals surface area (Å²) in [5.41, 5.74) is 0.473. The van der Waals surface area contributed by atoms with Crippen molar-refractivity contribution in [2.75, 3.05) is 26.7 Å². The van der Waals surface area contributed by atoms with Crippen LogP contribution in [0.5, 0.6) is 5.75 Å². The Morgan fingerprint density at radius 1 is 1.26 bits per heavy atom. The van der Waals surface area contributed by atoms with E-state index in [1.165, 1.54) is 6.07 Å². The fraction of sp³-hybridized carbons (Fsp3) is 0.571. The number of likely N-dealkylation sites (tertiary alicyclic amines) is 1. The van der Waals surface area contributed by atoms with E-state index in [0.29, 0.717) is 24.0 Å². The van der Waals surface area contributed by atoms with Gasteiger partial charge in [-0.2, -0.15) is 0 Å². The topological polar surface area (TPSA) is 24.5 Å². The Morgan fingerprint density at radius 2 is 2.00 bits per heavy atom. The first-order valence-corrected chi connectivity index (χ1v) is 6.70. The minimum Gasteiger partial charge on any atom is -0.491 e. The molecule has 1 aromatic rings. The molecule has 3 rings (SSSR count). The van der Waals surface area contributed by atoms with Crippen molar-refractivity contribution in [3.05, 3.63) is 29.3 Å². The standard InChI is InChI=1S/C14H18F2N2O/c1-18-4-2-10(3-5-18)17-12-8-19-13-7-9(15)6-11(16)14(12)13/h6-7,10,12,17H,2-5,8H2,1H3/t12-/m1/s1. The van der Waals surface area contributed by atoms with Crippen molar-refractivity contribution in [3.63, 3.8) is 0 Å². The molecule has 0 radical (unpaired) electrons. The van der Waals surface area contributed by atoms with Gasteiger partial charge in [-0.15, -0.1) is 0 Å². The number of nitrogens with zero attached hydrogens (tertiary/aromatic N) is 1. The maximum absolute atomic E-state index is 13.8. The molecule has 2 aliphatic heterocycles. The van der Waals surface area contributed by atoms with Gasteiger partial charge < -0.3 is 15.0 Å². The zero-order valence-electron chi connectivity index (χ0n) is 11.0. The highest BCUT2D eigenvalue weighted by Gasteiger charge is 2.31. The molecule has 1 aromatic carbocycles. The lowest BCUT2D eigenvalue weighted by Gasteiger charge is -2.31. The summed E-state index contributed by atoms with van der Waals surface area (Å²) in [6.07, 6.45) is 2.09. The van der Waals surface area contributed by atoms with Crippen LogP contribution in [0.25, 0.3) is 0 Å². The van der Waals surface area contributed by atoms with Crippen LogP contribution < -0.4 is 10.1 Å². The molecule has 3 nitrogen and oxygen atoms in total.